The molecule has 0 amide bonds. The van der Waals surface area contributed by atoms with E-state index in [0.29, 0.717) is 11.8 Å². The molecule has 1 rings (SSSR count). The number of alkyl halides is 1. The van der Waals surface area contributed by atoms with Gasteiger partial charge in [0, 0.05) is 6.42 Å². The Morgan fingerprint density at radius 2 is 2.17 bits per heavy atom. The molecule has 12 heavy (non-hydrogen) atoms. The average Bonchev–Trinajstić information content (AvgIpc) is 2.34. The van der Waals surface area contributed by atoms with Crippen LogP contribution in [0.25, 0.3) is 0 Å². The van der Waals surface area contributed by atoms with E-state index in [1.54, 1.807) is 6.20 Å². The Kier molecular flexibility index (Phi) is 3.15. The summed E-state index contributed by atoms with van der Waals surface area (Å²) in [5.74, 6) is 2.14. The van der Waals surface area contributed by atoms with Crippen LogP contribution in [0.4, 0.5) is 0 Å². The van der Waals surface area contributed by atoms with Crippen molar-refractivity contribution in [3.63, 3.8) is 0 Å². The Morgan fingerprint density at radius 3 is 2.58 bits per heavy atom. The third-order valence-electron chi connectivity index (χ3n) is 1.52. The van der Waals surface area contributed by atoms with E-state index in [9.17, 15) is 0 Å². The summed E-state index contributed by atoms with van der Waals surface area (Å²) in [6, 6.07) is 0. The summed E-state index contributed by atoms with van der Waals surface area (Å²) in [4.78, 5) is 4.07. The molecular weight excluding hydrogens is 174 g/mol. The smallest absolute Gasteiger partial charge is 0.212 e. The van der Waals surface area contributed by atoms with Crippen LogP contribution >= 0.6 is 11.6 Å². The van der Waals surface area contributed by atoms with Gasteiger partial charge in [-0.25, -0.2) is 4.98 Å². The second-order valence-corrected chi connectivity index (χ2v) is 4.03. The fourth-order valence-electron chi connectivity index (χ4n) is 1.00. The van der Waals surface area contributed by atoms with Crippen LogP contribution in [0.2, 0.25) is 0 Å². The minimum Gasteiger partial charge on any atom is -0.444 e. The number of nitrogens with zero attached hydrogens (tertiary/aromatic N) is 1. The zero-order valence-electron chi connectivity index (χ0n) is 7.67. The highest BCUT2D eigenvalue weighted by Crippen LogP contribution is 2.19. The van der Waals surface area contributed by atoms with Crippen LogP contribution in [0.5, 0.6) is 0 Å². The summed E-state index contributed by atoms with van der Waals surface area (Å²) >= 11 is 5.80. The van der Waals surface area contributed by atoms with Gasteiger partial charge in [-0.1, -0.05) is 13.8 Å². The molecule has 1 unspecified atom stereocenters. The Balaban J connectivity index is 2.64. The highest BCUT2D eigenvalue weighted by molar-refractivity contribution is 6.20. The van der Waals surface area contributed by atoms with Gasteiger partial charge in [0.15, 0.2) is 0 Å². The number of hydrogen-bond acceptors (Lipinski definition) is 2. The summed E-state index contributed by atoms with van der Waals surface area (Å²) in [7, 11) is 0. The molecule has 0 saturated heterocycles. The second kappa shape index (κ2) is 3.94. The minimum absolute atomic E-state index is 0.133. The van der Waals surface area contributed by atoms with Gasteiger partial charge in [-0.05, 0) is 12.8 Å². The summed E-state index contributed by atoms with van der Waals surface area (Å²) in [6.07, 6.45) is 2.69. The zero-order chi connectivity index (χ0) is 9.14. The topological polar surface area (TPSA) is 26.0 Å². The van der Waals surface area contributed by atoms with Crippen molar-refractivity contribution >= 4 is 11.6 Å². The fraction of sp³-hybridized carbons (Fsp3) is 0.667. The highest BCUT2D eigenvalue weighted by atomic mass is 35.5. The molecule has 0 N–H and O–H groups in total. The highest BCUT2D eigenvalue weighted by Gasteiger charge is 2.09. The average molecular weight is 188 g/mol. The predicted molar refractivity (Wildman–Crippen MR) is 49.3 cm³/mol. The number of hydrogen-bond donors (Lipinski definition) is 0. The molecule has 1 heterocycles. The molecule has 1 aromatic heterocycles. The van der Waals surface area contributed by atoms with Gasteiger partial charge in [0.1, 0.15) is 11.1 Å². The maximum atomic E-state index is 5.80. The Morgan fingerprint density at radius 1 is 1.50 bits per heavy atom. The van der Waals surface area contributed by atoms with Gasteiger partial charge in [0.2, 0.25) is 5.89 Å². The van der Waals surface area contributed by atoms with E-state index in [4.69, 9.17) is 16.0 Å². The van der Waals surface area contributed by atoms with Crippen LogP contribution in [-0.4, -0.2) is 4.98 Å². The summed E-state index contributed by atoms with van der Waals surface area (Å²) in [5.41, 5.74) is 0. The van der Waals surface area contributed by atoms with E-state index in [1.165, 1.54) is 0 Å². The predicted octanol–water partition coefficient (Wildman–Crippen LogP) is 3.17. The molecule has 0 aromatic carbocycles. The van der Waals surface area contributed by atoms with Gasteiger partial charge in [-0.3, -0.25) is 0 Å². The summed E-state index contributed by atoms with van der Waals surface area (Å²) in [5, 5.41) is -0.133. The third-order valence-corrected chi connectivity index (χ3v) is 1.71. The molecule has 0 aliphatic rings. The van der Waals surface area contributed by atoms with Crippen LogP contribution in [0.3, 0.4) is 0 Å². The normalized spacial score (nSPS) is 13.8. The largest absolute Gasteiger partial charge is 0.444 e. The third kappa shape index (κ3) is 2.52. The molecule has 1 atom stereocenters. The maximum absolute atomic E-state index is 5.80. The van der Waals surface area contributed by atoms with Crippen molar-refractivity contribution in [2.45, 2.75) is 32.6 Å². The van der Waals surface area contributed by atoms with Crippen LogP contribution in [0, 0.1) is 5.92 Å². The molecule has 0 radical (unpaired) electrons. The summed E-state index contributed by atoms with van der Waals surface area (Å²) in [6.45, 7) is 6.14. The van der Waals surface area contributed by atoms with E-state index in [-0.39, 0.29) is 5.38 Å². The Bertz CT molecular complexity index is 242. The molecular formula is C9H14ClNO. The molecule has 0 bridgehead atoms. The van der Waals surface area contributed by atoms with Crippen molar-refractivity contribution in [3.05, 3.63) is 17.8 Å². The number of aromatic nitrogens is 1. The van der Waals surface area contributed by atoms with Gasteiger partial charge < -0.3 is 4.42 Å². The van der Waals surface area contributed by atoms with Gasteiger partial charge in [0.25, 0.3) is 0 Å². The van der Waals surface area contributed by atoms with E-state index in [1.807, 2.05) is 6.92 Å². The Hall–Kier alpha value is -0.500. The lowest BCUT2D eigenvalue weighted by atomic mass is 10.1. The molecule has 1 aromatic rings. The quantitative estimate of drug-likeness (QED) is 0.680. The van der Waals surface area contributed by atoms with E-state index < -0.39 is 0 Å². The number of rotatable bonds is 3. The van der Waals surface area contributed by atoms with E-state index in [0.717, 1.165) is 12.2 Å². The molecule has 0 fully saturated rings. The van der Waals surface area contributed by atoms with Crippen LogP contribution < -0.4 is 0 Å². The molecule has 0 spiro atoms. The molecule has 0 aliphatic carbocycles. The first-order valence-electron chi connectivity index (χ1n) is 4.18. The zero-order valence-corrected chi connectivity index (χ0v) is 8.43. The van der Waals surface area contributed by atoms with Crippen LogP contribution in [-0.2, 0) is 6.42 Å². The molecule has 0 aliphatic heterocycles. The number of oxazole rings is 1. The van der Waals surface area contributed by atoms with Crippen molar-refractivity contribution in [1.82, 2.24) is 4.98 Å². The molecule has 0 saturated carbocycles. The van der Waals surface area contributed by atoms with Crippen molar-refractivity contribution < 1.29 is 4.42 Å². The SMILES string of the molecule is CC(C)Cc1cnc(C(C)Cl)o1. The van der Waals surface area contributed by atoms with Gasteiger partial charge in [0.05, 0.1) is 6.20 Å². The van der Waals surface area contributed by atoms with Gasteiger partial charge in [-0.2, -0.15) is 0 Å². The van der Waals surface area contributed by atoms with Crippen molar-refractivity contribution in [2.75, 3.05) is 0 Å². The number of halogens is 1. The first-order chi connectivity index (χ1) is 5.59. The lowest BCUT2D eigenvalue weighted by molar-refractivity contribution is 0.432. The fourth-order valence-corrected chi connectivity index (χ4v) is 1.10. The minimum atomic E-state index is -0.133. The van der Waals surface area contributed by atoms with Crippen molar-refractivity contribution in [2.24, 2.45) is 5.92 Å². The lowest BCUT2D eigenvalue weighted by Crippen LogP contribution is -1.91. The van der Waals surface area contributed by atoms with Gasteiger partial charge >= 0.3 is 0 Å². The lowest BCUT2D eigenvalue weighted by Gasteiger charge is -1.99. The first kappa shape index (κ1) is 9.59. The summed E-state index contributed by atoms with van der Waals surface area (Å²) < 4.78 is 5.41. The van der Waals surface area contributed by atoms with Crippen molar-refractivity contribution in [1.29, 1.82) is 0 Å². The molecule has 68 valence electrons. The Labute approximate surface area is 77.9 Å². The van der Waals surface area contributed by atoms with Crippen molar-refractivity contribution in [3.8, 4) is 0 Å². The maximum Gasteiger partial charge on any atom is 0.212 e. The first-order valence-corrected chi connectivity index (χ1v) is 4.62. The molecule has 3 heteroatoms. The van der Waals surface area contributed by atoms with Crippen LogP contribution in [0.1, 0.15) is 37.8 Å². The van der Waals surface area contributed by atoms with Crippen LogP contribution in [0.15, 0.2) is 10.6 Å². The second-order valence-electron chi connectivity index (χ2n) is 3.38. The van der Waals surface area contributed by atoms with E-state index >= 15 is 0 Å². The monoisotopic (exact) mass is 187 g/mol. The van der Waals surface area contributed by atoms with E-state index in [2.05, 4.69) is 18.8 Å². The standard InChI is InChI=1S/C9H14ClNO/c1-6(2)4-8-5-11-9(12-8)7(3)10/h5-7H,4H2,1-3H3. The van der Waals surface area contributed by atoms with Gasteiger partial charge in [-0.15, -0.1) is 11.6 Å². The molecule has 2 nitrogen and oxygen atoms in total.